The molecule has 3 unspecified atom stereocenters. The van der Waals surface area contributed by atoms with Crippen molar-refractivity contribution in [2.45, 2.75) is 88.0 Å². The van der Waals surface area contributed by atoms with Crippen LogP contribution in [-0.2, 0) is 25.6 Å². The number of benzene rings is 1. The van der Waals surface area contributed by atoms with Gasteiger partial charge in [0.05, 0.1) is 12.1 Å². The zero-order valence-corrected chi connectivity index (χ0v) is 24.9. The Hall–Kier alpha value is -3.13. The third-order valence-corrected chi connectivity index (χ3v) is 11.0. The van der Waals surface area contributed by atoms with Crippen LogP contribution in [0.5, 0.6) is 0 Å². The molecule has 0 bridgehead atoms. The summed E-state index contributed by atoms with van der Waals surface area (Å²) in [7, 11) is 0. The molecule has 1 aromatic rings. The predicted octanol–water partition coefficient (Wildman–Crippen LogP) is 3.59. The van der Waals surface area contributed by atoms with E-state index in [9.17, 15) is 19.2 Å². The summed E-state index contributed by atoms with van der Waals surface area (Å²) in [6.07, 6.45) is 14.1. The van der Waals surface area contributed by atoms with Crippen LogP contribution < -0.4 is 0 Å². The van der Waals surface area contributed by atoms with E-state index in [2.05, 4.69) is 12.2 Å². The minimum absolute atomic E-state index is 0.0232. The zero-order valence-electron chi connectivity index (χ0n) is 24.2. The number of hydrogen-bond donors (Lipinski definition) is 0. The average Bonchev–Trinajstić information content (AvgIpc) is 3.78. The van der Waals surface area contributed by atoms with Crippen LogP contribution in [0.4, 0.5) is 0 Å². The van der Waals surface area contributed by atoms with Gasteiger partial charge >= 0.3 is 0 Å². The maximum absolute atomic E-state index is 14.5. The van der Waals surface area contributed by atoms with Crippen molar-refractivity contribution >= 4 is 35.2 Å². The van der Waals surface area contributed by atoms with Gasteiger partial charge in [-0.15, -0.1) is 0 Å². The number of nitrogens with zero attached hydrogens (tertiary/aromatic N) is 4. The minimum atomic E-state index is -1.07. The highest BCUT2D eigenvalue weighted by molar-refractivity contribution is 6.31. The van der Waals surface area contributed by atoms with E-state index in [1.807, 2.05) is 48.2 Å². The minimum Gasteiger partial charge on any atom is -0.334 e. The number of carbonyl (C=O) groups excluding carboxylic acids is 4. The first-order valence-corrected chi connectivity index (χ1v) is 16.0. The molecule has 4 saturated heterocycles. The third kappa shape index (κ3) is 4.23. The summed E-state index contributed by atoms with van der Waals surface area (Å²) in [5.74, 6) is -0.607. The molecule has 0 N–H and O–H groups in total. The highest BCUT2D eigenvalue weighted by Crippen LogP contribution is 2.43. The van der Waals surface area contributed by atoms with E-state index in [4.69, 9.17) is 11.6 Å². The van der Waals surface area contributed by atoms with Crippen molar-refractivity contribution < 1.29 is 19.2 Å². The van der Waals surface area contributed by atoms with E-state index in [1.54, 1.807) is 14.7 Å². The van der Waals surface area contributed by atoms with Gasteiger partial charge in [0.15, 0.2) is 0 Å². The quantitative estimate of drug-likeness (QED) is 0.502. The maximum atomic E-state index is 14.5. The van der Waals surface area contributed by atoms with Crippen molar-refractivity contribution in [1.82, 2.24) is 19.6 Å². The molecular weight excluding hydrogens is 552 g/mol. The van der Waals surface area contributed by atoms with E-state index in [0.29, 0.717) is 43.8 Å². The van der Waals surface area contributed by atoms with Crippen LogP contribution in [0, 0.1) is 11.8 Å². The Balaban J connectivity index is 1.12. The van der Waals surface area contributed by atoms with Crippen molar-refractivity contribution in [3.05, 3.63) is 59.2 Å². The zero-order chi connectivity index (χ0) is 29.2. The highest BCUT2D eigenvalue weighted by atomic mass is 35.5. The van der Waals surface area contributed by atoms with Crippen molar-refractivity contribution in [1.29, 1.82) is 0 Å². The molecule has 42 heavy (non-hydrogen) atoms. The molecule has 0 aromatic heterocycles. The van der Waals surface area contributed by atoms with Crippen LogP contribution in [0.1, 0.15) is 57.4 Å². The lowest BCUT2D eigenvalue weighted by Crippen LogP contribution is -2.64. The molecule has 7 rings (SSSR count). The number of carbonyl (C=O) groups is 4. The molecule has 6 heterocycles. The summed E-state index contributed by atoms with van der Waals surface area (Å²) in [6, 6.07) is 6.41. The Labute approximate surface area is 252 Å². The number of hydrogen-bond acceptors (Lipinski definition) is 4. The summed E-state index contributed by atoms with van der Waals surface area (Å²) < 4.78 is 0. The van der Waals surface area contributed by atoms with Crippen molar-refractivity contribution in [3.63, 3.8) is 0 Å². The van der Waals surface area contributed by atoms with E-state index in [0.717, 1.165) is 37.8 Å². The fourth-order valence-corrected chi connectivity index (χ4v) is 8.71. The maximum Gasteiger partial charge on any atom is 0.253 e. The molecule has 7 atom stereocenters. The molecular formula is C33H39ClN4O4. The normalized spacial score (nSPS) is 34.2. The molecule has 222 valence electrons. The Morgan fingerprint density at radius 1 is 0.976 bits per heavy atom. The summed E-state index contributed by atoms with van der Waals surface area (Å²) in [4.78, 5) is 63.5. The standard InChI is InChI=1S/C33H39ClN4O4/c1-21(20-23-6-2-3-8-26(23)34)29(39)37-18-5-15-33(37)16-13-25-11-12-27(38(25)32(33)42)30(40)36-19-14-22-9-10-24-7-4-17-35(24)31(41)28(22)36/h2-3,6,8-10,13,16,21-22,24-25,27-28H,4-5,7,11-12,14-15,17-20H2,1H3/t21?,22-,24?,25-,27-,28?,33+/m0/s1. The highest BCUT2D eigenvalue weighted by Gasteiger charge is 2.58. The molecule has 0 aliphatic carbocycles. The molecule has 9 heteroatoms. The first kappa shape index (κ1) is 27.7. The summed E-state index contributed by atoms with van der Waals surface area (Å²) >= 11 is 6.39. The Bertz CT molecular complexity index is 1380. The van der Waals surface area contributed by atoms with Crippen molar-refractivity contribution in [2.24, 2.45) is 11.8 Å². The molecule has 1 aromatic carbocycles. The summed E-state index contributed by atoms with van der Waals surface area (Å²) in [6.45, 7) is 3.66. The van der Waals surface area contributed by atoms with Crippen LogP contribution in [0.2, 0.25) is 5.02 Å². The molecule has 4 fully saturated rings. The smallest absolute Gasteiger partial charge is 0.253 e. The fourth-order valence-electron chi connectivity index (χ4n) is 8.50. The number of halogens is 1. The van der Waals surface area contributed by atoms with Gasteiger partial charge in [0.1, 0.15) is 17.6 Å². The van der Waals surface area contributed by atoms with Gasteiger partial charge in [-0.3, -0.25) is 19.2 Å². The van der Waals surface area contributed by atoms with Gasteiger partial charge in [-0.1, -0.05) is 61.0 Å². The van der Waals surface area contributed by atoms with Gasteiger partial charge in [0.25, 0.3) is 5.91 Å². The molecule has 4 amide bonds. The van der Waals surface area contributed by atoms with Gasteiger partial charge in [-0.25, -0.2) is 0 Å². The van der Waals surface area contributed by atoms with Gasteiger partial charge in [-0.05, 0) is 63.0 Å². The van der Waals surface area contributed by atoms with E-state index in [-0.39, 0.29) is 47.5 Å². The summed E-state index contributed by atoms with van der Waals surface area (Å²) in [5.41, 5.74) is -0.154. The largest absolute Gasteiger partial charge is 0.334 e. The monoisotopic (exact) mass is 590 g/mol. The average molecular weight is 591 g/mol. The van der Waals surface area contributed by atoms with Crippen LogP contribution >= 0.6 is 11.6 Å². The van der Waals surface area contributed by atoms with Gasteiger partial charge in [0, 0.05) is 36.5 Å². The van der Waals surface area contributed by atoms with Crippen LogP contribution in [0.3, 0.4) is 0 Å². The second-order valence-corrected chi connectivity index (χ2v) is 13.4. The second-order valence-electron chi connectivity index (χ2n) is 13.0. The first-order valence-electron chi connectivity index (χ1n) is 15.7. The van der Waals surface area contributed by atoms with Gasteiger partial charge in [0.2, 0.25) is 17.7 Å². The molecule has 8 nitrogen and oxygen atoms in total. The predicted molar refractivity (Wildman–Crippen MR) is 158 cm³/mol. The van der Waals surface area contributed by atoms with Crippen LogP contribution in [0.25, 0.3) is 0 Å². The number of amides is 4. The Morgan fingerprint density at radius 3 is 2.64 bits per heavy atom. The van der Waals surface area contributed by atoms with Gasteiger partial charge in [-0.2, -0.15) is 0 Å². The van der Waals surface area contributed by atoms with Crippen molar-refractivity contribution in [2.75, 3.05) is 19.6 Å². The van der Waals surface area contributed by atoms with Gasteiger partial charge < -0.3 is 19.6 Å². The molecule has 6 aliphatic rings. The first-order chi connectivity index (χ1) is 20.3. The lowest BCUT2D eigenvalue weighted by Gasteiger charge is -2.45. The lowest BCUT2D eigenvalue weighted by atomic mass is 9.87. The SMILES string of the molecule is CC(Cc1ccccc1Cl)C(=O)N1CCC[C@]12C=C[C@@H]1CC[C@@H](C(=O)N3CC[C@@H]4C=CC5CCCN5C(=O)C43)N1C2=O. The second kappa shape index (κ2) is 10.5. The van der Waals surface area contributed by atoms with Crippen LogP contribution in [-0.4, -0.2) is 92.6 Å². The lowest BCUT2D eigenvalue weighted by molar-refractivity contribution is -0.157. The number of rotatable bonds is 4. The Morgan fingerprint density at radius 2 is 1.81 bits per heavy atom. The number of fused-ring (bicyclic) bond motifs is 3. The Kier molecular flexibility index (Phi) is 6.95. The molecule has 6 aliphatic heterocycles. The van der Waals surface area contributed by atoms with E-state index >= 15 is 0 Å². The third-order valence-electron chi connectivity index (χ3n) is 10.6. The number of likely N-dealkylation sites (tertiary alicyclic amines) is 2. The van der Waals surface area contributed by atoms with Crippen molar-refractivity contribution in [3.8, 4) is 0 Å². The molecule has 1 spiro atoms. The van der Waals surface area contributed by atoms with E-state index < -0.39 is 17.6 Å². The topological polar surface area (TPSA) is 81.2 Å². The fraction of sp³-hybridized carbons (Fsp3) is 0.576. The molecule has 0 radical (unpaired) electrons. The van der Waals surface area contributed by atoms with Crippen LogP contribution in [0.15, 0.2) is 48.6 Å². The summed E-state index contributed by atoms with van der Waals surface area (Å²) in [5, 5.41) is 0.634. The van der Waals surface area contributed by atoms with E-state index in [1.165, 1.54) is 0 Å². The molecule has 0 saturated carbocycles.